The zero-order valence-corrected chi connectivity index (χ0v) is 18.8. The summed E-state index contributed by atoms with van der Waals surface area (Å²) >= 11 is 0. The van der Waals surface area contributed by atoms with Gasteiger partial charge in [0, 0.05) is 31.9 Å². The smallest absolute Gasteiger partial charge is 0.328 e. The number of nitrogens with zero attached hydrogens (tertiary/aromatic N) is 2. The molecule has 0 spiro atoms. The molecule has 0 aliphatic rings. The number of ether oxygens (including phenoxy) is 1. The van der Waals surface area contributed by atoms with Gasteiger partial charge in [-0.3, -0.25) is 9.13 Å². The summed E-state index contributed by atoms with van der Waals surface area (Å²) in [4.78, 5) is 29.1. The van der Waals surface area contributed by atoms with Crippen LogP contribution in [-0.4, -0.2) is 30.8 Å². The number of imidazole rings is 2. The van der Waals surface area contributed by atoms with Gasteiger partial charge in [-0.2, -0.15) is 0 Å². The predicted molar refractivity (Wildman–Crippen MR) is 131 cm³/mol. The molecule has 2 heterocycles. The number of aromatic nitrogens is 4. The van der Waals surface area contributed by atoms with Crippen molar-refractivity contribution in [2.45, 2.75) is 12.6 Å². The van der Waals surface area contributed by atoms with Crippen LogP contribution in [0.5, 0.6) is 5.75 Å². The van der Waals surface area contributed by atoms with Gasteiger partial charge < -0.3 is 25.1 Å². The third kappa shape index (κ3) is 3.97. The topological polar surface area (TPSA) is 117 Å². The number of hydrogen-bond donors (Lipinski definition) is 4. The molecule has 0 saturated heterocycles. The number of aromatic amines is 2. The van der Waals surface area contributed by atoms with E-state index in [-0.39, 0.29) is 18.0 Å². The Hall–Kier alpha value is -4.24. The molecule has 0 saturated carbocycles. The molecule has 1 atom stereocenters. The second-order valence-corrected chi connectivity index (χ2v) is 8.28. The van der Waals surface area contributed by atoms with Gasteiger partial charge in [-0.05, 0) is 42.0 Å². The Kier molecular flexibility index (Phi) is 5.46. The van der Waals surface area contributed by atoms with Gasteiger partial charge >= 0.3 is 11.4 Å². The molecule has 9 heteroatoms. The molecule has 0 bridgehead atoms. The average molecular weight is 460 g/mol. The van der Waals surface area contributed by atoms with Crippen LogP contribution in [0, 0.1) is 0 Å². The molecule has 2 aromatic heterocycles. The normalized spacial score (nSPS) is 12.3. The molecule has 34 heavy (non-hydrogen) atoms. The first-order valence-corrected chi connectivity index (χ1v) is 10.9. The van der Waals surface area contributed by atoms with Gasteiger partial charge in [0.1, 0.15) is 18.5 Å². The van der Waals surface area contributed by atoms with E-state index < -0.39 is 6.10 Å². The lowest BCUT2D eigenvalue weighted by atomic mass is 10.1. The van der Waals surface area contributed by atoms with E-state index in [0.717, 1.165) is 33.3 Å². The summed E-state index contributed by atoms with van der Waals surface area (Å²) in [7, 11) is 3.44. The lowest BCUT2D eigenvalue weighted by molar-refractivity contribution is 0.108. The van der Waals surface area contributed by atoms with E-state index in [1.807, 2.05) is 60.7 Å². The number of rotatable bonds is 7. The minimum atomic E-state index is -0.853. The molecule has 0 amide bonds. The lowest BCUT2D eigenvalue weighted by Crippen LogP contribution is -2.19. The standard InChI is InChI=1S/C25H25N5O4/c1-29-20-10-7-15(11-21(20)30(2)25(29)33)22(31)14-34-23-6-4-3-5-16(23)13-26-17-8-9-18-19(12-17)28-24(32)27-18/h3-12,22,26,31H,13-14H2,1-2H3,(H2,27,28,32). The number of nitrogens with one attached hydrogen (secondary N) is 3. The monoisotopic (exact) mass is 459 g/mol. The summed E-state index contributed by atoms with van der Waals surface area (Å²) < 4.78 is 9.11. The van der Waals surface area contributed by atoms with E-state index in [9.17, 15) is 14.7 Å². The van der Waals surface area contributed by atoms with Crippen LogP contribution < -0.4 is 21.4 Å². The highest BCUT2D eigenvalue weighted by molar-refractivity contribution is 5.79. The van der Waals surface area contributed by atoms with Crippen molar-refractivity contribution in [2.75, 3.05) is 11.9 Å². The third-order valence-electron chi connectivity index (χ3n) is 6.05. The quantitative estimate of drug-likeness (QED) is 0.299. The number of H-pyrrole nitrogens is 2. The van der Waals surface area contributed by atoms with Gasteiger partial charge in [0.05, 0.1) is 22.1 Å². The summed E-state index contributed by atoms with van der Waals surface area (Å²) in [5.74, 6) is 0.665. The van der Waals surface area contributed by atoms with E-state index in [0.29, 0.717) is 17.9 Å². The van der Waals surface area contributed by atoms with Crippen LogP contribution in [0.2, 0.25) is 0 Å². The molecule has 5 aromatic rings. The number of fused-ring (bicyclic) bond motifs is 2. The van der Waals surface area contributed by atoms with Crippen LogP contribution in [0.4, 0.5) is 5.69 Å². The number of hydrogen-bond acceptors (Lipinski definition) is 5. The Morgan fingerprint density at radius 2 is 1.71 bits per heavy atom. The maximum atomic E-state index is 12.2. The number of benzene rings is 3. The summed E-state index contributed by atoms with van der Waals surface area (Å²) in [5.41, 5.74) is 5.17. The van der Waals surface area contributed by atoms with Crippen molar-refractivity contribution in [1.82, 2.24) is 19.1 Å². The van der Waals surface area contributed by atoms with Gasteiger partial charge in [-0.1, -0.05) is 24.3 Å². The van der Waals surface area contributed by atoms with E-state index in [1.54, 1.807) is 23.2 Å². The van der Waals surface area contributed by atoms with Gasteiger partial charge in [0.2, 0.25) is 0 Å². The van der Waals surface area contributed by atoms with Crippen molar-refractivity contribution >= 4 is 27.8 Å². The van der Waals surface area contributed by atoms with Crippen LogP contribution in [0.3, 0.4) is 0 Å². The summed E-state index contributed by atoms with van der Waals surface area (Å²) in [6.45, 7) is 0.574. The zero-order chi connectivity index (χ0) is 23.8. The first kappa shape index (κ1) is 21.6. The molecule has 0 aliphatic heterocycles. The molecule has 174 valence electrons. The van der Waals surface area contributed by atoms with Crippen molar-refractivity contribution in [3.8, 4) is 5.75 Å². The van der Waals surface area contributed by atoms with Crippen molar-refractivity contribution in [2.24, 2.45) is 14.1 Å². The second kappa shape index (κ2) is 8.60. The molecule has 5 rings (SSSR count). The molecule has 3 aromatic carbocycles. The molecule has 0 radical (unpaired) electrons. The van der Waals surface area contributed by atoms with Gasteiger partial charge in [0.25, 0.3) is 0 Å². The first-order valence-electron chi connectivity index (χ1n) is 10.9. The minimum absolute atomic E-state index is 0.0693. The Morgan fingerprint density at radius 1 is 0.941 bits per heavy atom. The first-order chi connectivity index (χ1) is 16.4. The molecular weight excluding hydrogens is 434 g/mol. The molecule has 4 N–H and O–H groups in total. The fourth-order valence-corrected chi connectivity index (χ4v) is 4.13. The SMILES string of the molecule is Cn1c(=O)n(C)c2cc(C(O)COc3ccccc3CNc3ccc4[nH]c(=O)[nH]c4c3)ccc21. The van der Waals surface area contributed by atoms with Crippen molar-refractivity contribution in [3.63, 3.8) is 0 Å². The highest BCUT2D eigenvalue weighted by Crippen LogP contribution is 2.24. The van der Waals surface area contributed by atoms with Crippen LogP contribution >= 0.6 is 0 Å². The van der Waals surface area contributed by atoms with Crippen LogP contribution in [0.1, 0.15) is 17.2 Å². The number of aliphatic hydroxyl groups is 1. The van der Waals surface area contributed by atoms with E-state index in [1.165, 1.54) is 0 Å². The van der Waals surface area contributed by atoms with Gasteiger partial charge in [0.15, 0.2) is 0 Å². The fourth-order valence-electron chi connectivity index (χ4n) is 4.13. The van der Waals surface area contributed by atoms with Gasteiger partial charge in [-0.15, -0.1) is 0 Å². The Labute approximate surface area is 194 Å². The number of aryl methyl sites for hydroxylation is 2. The number of para-hydroxylation sites is 1. The number of aliphatic hydroxyl groups excluding tert-OH is 1. The Balaban J connectivity index is 1.28. The molecular formula is C25H25N5O4. The maximum absolute atomic E-state index is 12.2. The van der Waals surface area contributed by atoms with Gasteiger partial charge in [-0.25, -0.2) is 9.59 Å². The fraction of sp³-hybridized carbons (Fsp3) is 0.200. The van der Waals surface area contributed by atoms with Crippen molar-refractivity contribution in [1.29, 1.82) is 0 Å². The summed E-state index contributed by atoms with van der Waals surface area (Å²) in [5, 5.41) is 14.1. The summed E-state index contributed by atoms with van der Waals surface area (Å²) in [6.07, 6.45) is -0.853. The van der Waals surface area contributed by atoms with E-state index in [4.69, 9.17) is 4.74 Å². The van der Waals surface area contributed by atoms with Crippen molar-refractivity contribution < 1.29 is 9.84 Å². The van der Waals surface area contributed by atoms with Crippen LogP contribution in [0.25, 0.3) is 22.1 Å². The largest absolute Gasteiger partial charge is 0.490 e. The molecule has 9 nitrogen and oxygen atoms in total. The molecule has 0 fully saturated rings. The molecule has 0 aliphatic carbocycles. The summed E-state index contributed by atoms with van der Waals surface area (Å²) in [6, 6.07) is 18.7. The Bertz CT molecular complexity index is 1610. The lowest BCUT2D eigenvalue weighted by Gasteiger charge is -2.16. The maximum Gasteiger partial charge on any atom is 0.328 e. The minimum Gasteiger partial charge on any atom is -0.490 e. The van der Waals surface area contributed by atoms with E-state index in [2.05, 4.69) is 15.3 Å². The van der Waals surface area contributed by atoms with E-state index >= 15 is 0 Å². The van der Waals surface area contributed by atoms with Crippen molar-refractivity contribution in [3.05, 3.63) is 92.8 Å². The average Bonchev–Trinajstić information content (AvgIpc) is 3.32. The van der Waals surface area contributed by atoms with Crippen LogP contribution in [-0.2, 0) is 20.6 Å². The highest BCUT2D eigenvalue weighted by atomic mass is 16.5. The zero-order valence-electron chi connectivity index (χ0n) is 18.8. The van der Waals surface area contributed by atoms with Crippen LogP contribution in [0.15, 0.2) is 70.3 Å². The Morgan fingerprint density at radius 3 is 2.56 bits per heavy atom. The highest BCUT2D eigenvalue weighted by Gasteiger charge is 2.14. The molecule has 1 unspecified atom stereocenters. The second-order valence-electron chi connectivity index (χ2n) is 8.28. The third-order valence-corrected chi connectivity index (χ3v) is 6.05. The predicted octanol–water partition coefficient (Wildman–Crippen LogP) is 2.77. The number of anilines is 1.